The Labute approximate surface area is 164 Å². The average molecular weight is 374 g/mol. The zero-order valence-corrected chi connectivity index (χ0v) is 17.0. The summed E-state index contributed by atoms with van der Waals surface area (Å²) in [6, 6.07) is 9.34. The molecule has 3 rings (SSSR count). The van der Waals surface area contributed by atoms with Crippen molar-refractivity contribution in [2.45, 2.75) is 45.2 Å². The van der Waals surface area contributed by atoms with E-state index in [-0.39, 0.29) is 11.8 Å². The van der Waals surface area contributed by atoms with Gasteiger partial charge in [-0.15, -0.1) is 0 Å². The fraction of sp³-hybridized carbons (Fsp3) is 0.682. The lowest BCUT2D eigenvalue weighted by atomic mass is 9.93. The standard InChI is InChI=1S/C22H35N3O2/c1-18-6-3-4-7-19(18)16-24-13-9-21(10-14-24)25-12-5-8-20(17-25)22(26)23-11-15-27-2/h3-4,6-7,20-21H,5,8-17H2,1-2H3,(H,23,26)/t20-/m0/s1. The van der Waals surface area contributed by atoms with Crippen molar-refractivity contribution < 1.29 is 9.53 Å². The number of methoxy groups -OCH3 is 1. The Morgan fingerprint density at radius 1 is 1.19 bits per heavy atom. The predicted octanol–water partition coefficient (Wildman–Crippen LogP) is 2.43. The monoisotopic (exact) mass is 373 g/mol. The van der Waals surface area contributed by atoms with Gasteiger partial charge in [-0.25, -0.2) is 0 Å². The molecule has 0 saturated carbocycles. The minimum Gasteiger partial charge on any atom is -0.383 e. The van der Waals surface area contributed by atoms with Crippen LogP contribution in [-0.4, -0.2) is 68.2 Å². The number of aryl methyl sites for hydroxylation is 1. The molecule has 0 unspecified atom stereocenters. The van der Waals surface area contributed by atoms with Crippen LogP contribution in [0.5, 0.6) is 0 Å². The SMILES string of the molecule is COCCNC(=O)[C@H]1CCCN(C2CCN(Cc3ccccc3C)CC2)C1. The molecule has 2 aliphatic heterocycles. The number of likely N-dealkylation sites (tertiary alicyclic amines) is 2. The zero-order chi connectivity index (χ0) is 19.1. The molecule has 2 fully saturated rings. The number of carbonyl (C=O) groups is 1. The maximum atomic E-state index is 12.4. The number of ether oxygens (including phenoxy) is 1. The predicted molar refractivity (Wildman–Crippen MR) is 109 cm³/mol. The normalized spacial score (nSPS) is 22.7. The molecule has 1 aromatic carbocycles. The largest absolute Gasteiger partial charge is 0.383 e. The molecule has 0 aromatic heterocycles. The maximum absolute atomic E-state index is 12.4. The van der Waals surface area contributed by atoms with Gasteiger partial charge in [0.1, 0.15) is 0 Å². The first-order chi connectivity index (χ1) is 13.2. The van der Waals surface area contributed by atoms with Gasteiger partial charge in [-0.1, -0.05) is 24.3 Å². The molecule has 2 aliphatic rings. The Morgan fingerprint density at radius 3 is 2.70 bits per heavy atom. The van der Waals surface area contributed by atoms with Crippen LogP contribution in [0.25, 0.3) is 0 Å². The lowest BCUT2D eigenvalue weighted by Crippen LogP contribution is -2.50. The molecule has 1 amide bonds. The van der Waals surface area contributed by atoms with Gasteiger partial charge in [0.05, 0.1) is 12.5 Å². The molecule has 0 radical (unpaired) electrons. The Bertz CT molecular complexity index is 599. The van der Waals surface area contributed by atoms with E-state index >= 15 is 0 Å². The van der Waals surface area contributed by atoms with Crippen LogP contribution in [0.1, 0.15) is 36.8 Å². The van der Waals surface area contributed by atoms with Gasteiger partial charge in [0.25, 0.3) is 0 Å². The molecule has 5 heteroatoms. The molecule has 2 saturated heterocycles. The van der Waals surface area contributed by atoms with Gasteiger partial charge in [0.15, 0.2) is 0 Å². The maximum Gasteiger partial charge on any atom is 0.224 e. The number of hydrogen-bond donors (Lipinski definition) is 1. The van der Waals surface area contributed by atoms with Crippen LogP contribution in [-0.2, 0) is 16.1 Å². The Hall–Kier alpha value is -1.43. The lowest BCUT2D eigenvalue weighted by Gasteiger charge is -2.42. The summed E-state index contributed by atoms with van der Waals surface area (Å²) in [5, 5.41) is 3.02. The van der Waals surface area contributed by atoms with E-state index in [1.807, 2.05) is 0 Å². The number of amides is 1. The Balaban J connectivity index is 1.45. The number of nitrogens with one attached hydrogen (secondary N) is 1. The quantitative estimate of drug-likeness (QED) is 0.746. The van der Waals surface area contributed by atoms with Gasteiger partial charge in [-0.2, -0.15) is 0 Å². The van der Waals surface area contributed by atoms with E-state index in [1.54, 1.807) is 7.11 Å². The van der Waals surface area contributed by atoms with E-state index in [9.17, 15) is 4.79 Å². The van der Waals surface area contributed by atoms with E-state index in [1.165, 1.54) is 24.0 Å². The third kappa shape index (κ3) is 5.77. The third-order valence-electron chi connectivity index (χ3n) is 6.16. The van der Waals surface area contributed by atoms with Crippen LogP contribution in [0.4, 0.5) is 0 Å². The number of rotatable bonds is 7. The summed E-state index contributed by atoms with van der Waals surface area (Å²) in [6.45, 7) is 8.83. The summed E-state index contributed by atoms with van der Waals surface area (Å²) in [7, 11) is 1.67. The molecule has 0 aliphatic carbocycles. The number of nitrogens with zero attached hydrogens (tertiary/aromatic N) is 2. The Kier molecular flexibility index (Phi) is 7.68. The summed E-state index contributed by atoms with van der Waals surface area (Å²) < 4.78 is 5.03. The van der Waals surface area contributed by atoms with Gasteiger partial charge in [0.2, 0.25) is 5.91 Å². The summed E-state index contributed by atoms with van der Waals surface area (Å²) >= 11 is 0. The highest BCUT2D eigenvalue weighted by atomic mass is 16.5. The smallest absolute Gasteiger partial charge is 0.224 e. The second-order valence-corrected chi connectivity index (χ2v) is 8.05. The summed E-state index contributed by atoms with van der Waals surface area (Å²) in [5.41, 5.74) is 2.83. The van der Waals surface area contributed by atoms with E-state index in [2.05, 4.69) is 46.3 Å². The van der Waals surface area contributed by atoms with Crippen LogP contribution >= 0.6 is 0 Å². The van der Waals surface area contributed by atoms with Crippen LogP contribution in [0.3, 0.4) is 0 Å². The van der Waals surface area contributed by atoms with Crippen LogP contribution < -0.4 is 5.32 Å². The molecule has 1 aromatic rings. The van der Waals surface area contributed by atoms with Gasteiger partial charge < -0.3 is 10.1 Å². The Morgan fingerprint density at radius 2 is 1.96 bits per heavy atom. The molecule has 0 bridgehead atoms. The number of hydrogen-bond acceptors (Lipinski definition) is 4. The van der Waals surface area contributed by atoms with Crippen molar-refractivity contribution >= 4 is 5.91 Å². The summed E-state index contributed by atoms with van der Waals surface area (Å²) in [4.78, 5) is 17.5. The first-order valence-electron chi connectivity index (χ1n) is 10.4. The van der Waals surface area contributed by atoms with Crippen molar-refractivity contribution in [3.63, 3.8) is 0 Å². The number of carbonyl (C=O) groups excluding carboxylic acids is 1. The number of benzene rings is 1. The van der Waals surface area contributed by atoms with Gasteiger partial charge >= 0.3 is 0 Å². The van der Waals surface area contributed by atoms with Crippen molar-refractivity contribution in [3.8, 4) is 0 Å². The highest BCUT2D eigenvalue weighted by Crippen LogP contribution is 2.25. The average Bonchev–Trinajstić information content (AvgIpc) is 2.70. The van der Waals surface area contributed by atoms with E-state index in [0.29, 0.717) is 19.2 Å². The van der Waals surface area contributed by atoms with E-state index < -0.39 is 0 Å². The topological polar surface area (TPSA) is 44.8 Å². The third-order valence-corrected chi connectivity index (χ3v) is 6.16. The van der Waals surface area contributed by atoms with E-state index in [0.717, 1.165) is 45.6 Å². The molecule has 1 atom stereocenters. The van der Waals surface area contributed by atoms with Crippen LogP contribution in [0, 0.1) is 12.8 Å². The van der Waals surface area contributed by atoms with Crippen LogP contribution in [0.2, 0.25) is 0 Å². The minimum absolute atomic E-state index is 0.139. The lowest BCUT2D eigenvalue weighted by molar-refractivity contribution is -0.127. The van der Waals surface area contributed by atoms with Crippen molar-refractivity contribution in [2.75, 3.05) is 46.4 Å². The zero-order valence-electron chi connectivity index (χ0n) is 17.0. The molecule has 5 nitrogen and oxygen atoms in total. The highest BCUT2D eigenvalue weighted by molar-refractivity contribution is 5.78. The van der Waals surface area contributed by atoms with Crippen molar-refractivity contribution in [3.05, 3.63) is 35.4 Å². The van der Waals surface area contributed by atoms with Gasteiger partial charge in [-0.3, -0.25) is 14.6 Å². The van der Waals surface area contributed by atoms with Gasteiger partial charge in [0, 0.05) is 32.8 Å². The minimum atomic E-state index is 0.139. The summed E-state index contributed by atoms with van der Waals surface area (Å²) in [5.74, 6) is 0.342. The molecular weight excluding hydrogens is 338 g/mol. The molecule has 1 N–H and O–H groups in total. The molecule has 2 heterocycles. The van der Waals surface area contributed by atoms with Crippen molar-refractivity contribution in [1.82, 2.24) is 15.1 Å². The van der Waals surface area contributed by atoms with E-state index in [4.69, 9.17) is 4.74 Å². The fourth-order valence-corrected chi connectivity index (χ4v) is 4.44. The highest BCUT2D eigenvalue weighted by Gasteiger charge is 2.31. The van der Waals surface area contributed by atoms with Gasteiger partial charge in [-0.05, 0) is 63.4 Å². The molecular formula is C22H35N3O2. The number of piperidine rings is 2. The van der Waals surface area contributed by atoms with Crippen molar-refractivity contribution in [2.24, 2.45) is 5.92 Å². The van der Waals surface area contributed by atoms with Crippen molar-refractivity contribution in [1.29, 1.82) is 0 Å². The molecule has 27 heavy (non-hydrogen) atoms. The first-order valence-corrected chi connectivity index (χ1v) is 10.4. The first kappa shape index (κ1) is 20.3. The molecule has 0 spiro atoms. The molecule has 150 valence electrons. The second kappa shape index (κ2) is 10.2. The fourth-order valence-electron chi connectivity index (χ4n) is 4.44. The summed E-state index contributed by atoms with van der Waals surface area (Å²) in [6.07, 6.45) is 4.57. The van der Waals surface area contributed by atoms with Crippen LogP contribution in [0.15, 0.2) is 24.3 Å². The second-order valence-electron chi connectivity index (χ2n) is 8.05.